The Morgan fingerprint density at radius 1 is 1.00 bits per heavy atom. The largest absolute Gasteiger partial charge is 0.458 e. The van der Waals surface area contributed by atoms with Crippen LogP contribution >= 0.6 is 0 Å². The molecule has 0 atom stereocenters. The summed E-state index contributed by atoms with van der Waals surface area (Å²) >= 11 is 0. The summed E-state index contributed by atoms with van der Waals surface area (Å²) in [6.45, 7) is 3.81. The van der Waals surface area contributed by atoms with Crippen LogP contribution in [0.4, 0.5) is 0 Å². The molecule has 2 aromatic carbocycles. The van der Waals surface area contributed by atoms with Gasteiger partial charge in [-0.05, 0) is 43.5 Å². The highest BCUT2D eigenvalue weighted by Crippen LogP contribution is 2.39. The number of benzene rings is 2. The van der Waals surface area contributed by atoms with E-state index >= 15 is 0 Å². The lowest BCUT2D eigenvalue weighted by molar-refractivity contribution is 0.0366. The van der Waals surface area contributed by atoms with E-state index in [4.69, 9.17) is 14.2 Å². The predicted octanol–water partition coefficient (Wildman–Crippen LogP) is 5.77. The standard InChI is InChI=1S/C26H23N3O4/c1-15(2)32-26(30)24-18(14-31-3)22-20(13-28-24)29-19-9-6-10-21(23(19)22)33-25-17-8-5-4-7-16(17)11-12-27-25/h4-13,15,29H,14H2,1-3H3. The minimum absolute atomic E-state index is 0.195. The lowest BCUT2D eigenvalue weighted by Crippen LogP contribution is -2.15. The molecule has 0 aliphatic carbocycles. The van der Waals surface area contributed by atoms with Gasteiger partial charge in [-0.2, -0.15) is 0 Å². The molecule has 3 heterocycles. The van der Waals surface area contributed by atoms with Crippen LogP contribution < -0.4 is 4.74 Å². The van der Waals surface area contributed by atoms with Gasteiger partial charge in [-0.1, -0.05) is 24.3 Å². The van der Waals surface area contributed by atoms with Gasteiger partial charge in [-0.15, -0.1) is 0 Å². The second kappa shape index (κ2) is 8.52. The van der Waals surface area contributed by atoms with Crippen LogP contribution in [0.1, 0.15) is 29.9 Å². The SMILES string of the molecule is COCc1c(C(=O)OC(C)C)ncc2[nH]c3cccc(Oc4nccc5ccccc45)c3c12. The molecule has 5 rings (SSSR count). The zero-order valence-electron chi connectivity index (χ0n) is 18.6. The molecule has 7 nitrogen and oxygen atoms in total. The number of hydrogen-bond donors (Lipinski definition) is 1. The number of nitrogens with one attached hydrogen (secondary N) is 1. The molecular weight excluding hydrogens is 418 g/mol. The number of esters is 1. The summed E-state index contributed by atoms with van der Waals surface area (Å²) in [5.74, 6) is 0.647. The van der Waals surface area contributed by atoms with Crippen molar-refractivity contribution in [2.45, 2.75) is 26.6 Å². The number of aromatic nitrogens is 3. The van der Waals surface area contributed by atoms with E-state index in [0.29, 0.717) is 17.2 Å². The number of pyridine rings is 2. The zero-order chi connectivity index (χ0) is 22.9. The van der Waals surface area contributed by atoms with Crippen LogP contribution in [0.25, 0.3) is 32.6 Å². The maximum atomic E-state index is 12.8. The van der Waals surface area contributed by atoms with Gasteiger partial charge in [0.15, 0.2) is 5.69 Å². The van der Waals surface area contributed by atoms with Crippen molar-refractivity contribution in [2.75, 3.05) is 7.11 Å². The van der Waals surface area contributed by atoms with Gasteiger partial charge in [0.05, 0.1) is 35.3 Å². The molecular formula is C26H23N3O4. The number of rotatable bonds is 6. The van der Waals surface area contributed by atoms with Crippen LogP contribution in [-0.4, -0.2) is 34.1 Å². The molecule has 7 heteroatoms. The van der Waals surface area contributed by atoms with E-state index in [1.165, 1.54) is 0 Å². The minimum Gasteiger partial charge on any atom is -0.458 e. The van der Waals surface area contributed by atoms with Crippen molar-refractivity contribution in [3.63, 3.8) is 0 Å². The Morgan fingerprint density at radius 2 is 1.85 bits per heavy atom. The van der Waals surface area contributed by atoms with Crippen molar-refractivity contribution >= 4 is 38.5 Å². The highest BCUT2D eigenvalue weighted by atomic mass is 16.5. The number of carbonyl (C=O) groups excluding carboxylic acids is 1. The Balaban J connectivity index is 1.73. The number of carbonyl (C=O) groups is 1. The molecule has 0 fully saturated rings. The van der Waals surface area contributed by atoms with Crippen molar-refractivity contribution in [2.24, 2.45) is 0 Å². The molecule has 0 aliphatic heterocycles. The fourth-order valence-corrected chi connectivity index (χ4v) is 4.06. The second-order valence-corrected chi connectivity index (χ2v) is 8.00. The first kappa shape index (κ1) is 20.9. The van der Waals surface area contributed by atoms with E-state index in [9.17, 15) is 4.79 Å². The minimum atomic E-state index is -0.484. The molecule has 0 spiro atoms. The fraction of sp³-hybridized carbons (Fsp3) is 0.192. The zero-order valence-corrected chi connectivity index (χ0v) is 18.6. The van der Waals surface area contributed by atoms with Gasteiger partial charge in [0, 0.05) is 29.6 Å². The third-order valence-electron chi connectivity index (χ3n) is 5.39. The maximum Gasteiger partial charge on any atom is 0.357 e. The van der Waals surface area contributed by atoms with Crippen LogP contribution in [0.15, 0.2) is 60.9 Å². The predicted molar refractivity (Wildman–Crippen MR) is 127 cm³/mol. The summed E-state index contributed by atoms with van der Waals surface area (Å²) in [7, 11) is 1.59. The molecule has 0 saturated carbocycles. The van der Waals surface area contributed by atoms with Crippen molar-refractivity contribution in [3.8, 4) is 11.6 Å². The smallest absolute Gasteiger partial charge is 0.357 e. The number of fused-ring (bicyclic) bond motifs is 4. The monoisotopic (exact) mass is 441 g/mol. The average Bonchev–Trinajstić information content (AvgIpc) is 3.19. The van der Waals surface area contributed by atoms with E-state index in [2.05, 4.69) is 15.0 Å². The first-order valence-electron chi connectivity index (χ1n) is 10.7. The summed E-state index contributed by atoms with van der Waals surface area (Å²) in [6, 6.07) is 15.6. The van der Waals surface area contributed by atoms with Crippen LogP contribution in [-0.2, 0) is 16.1 Å². The second-order valence-electron chi connectivity index (χ2n) is 8.00. The lowest BCUT2D eigenvalue weighted by atomic mass is 10.0. The van der Waals surface area contributed by atoms with E-state index in [0.717, 1.165) is 32.6 Å². The summed E-state index contributed by atoms with van der Waals surface area (Å²) in [6.07, 6.45) is 3.11. The first-order valence-corrected chi connectivity index (χ1v) is 10.7. The maximum absolute atomic E-state index is 12.8. The first-order chi connectivity index (χ1) is 16.1. The van der Waals surface area contributed by atoms with E-state index in [-0.39, 0.29) is 18.4 Å². The number of aromatic amines is 1. The van der Waals surface area contributed by atoms with Gasteiger partial charge in [0.2, 0.25) is 5.88 Å². The molecule has 33 heavy (non-hydrogen) atoms. The van der Waals surface area contributed by atoms with E-state index in [1.807, 2.05) is 48.5 Å². The van der Waals surface area contributed by atoms with Crippen LogP contribution in [0.3, 0.4) is 0 Å². The summed E-state index contributed by atoms with van der Waals surface area (Å²) in [5.41, 5.74) is 2.52. The lowest BCUT2D eigenvalue weighted by Gasteiger charge is -2.13. The van der Waals surface area contributed by atoms with Gasteiger partial charge in [-0.25, -0.2) is 14.8 Å². The van der Waals surface area contributed by atoms with Crippen molar-refractivity contribution in [1.82, 2.24) is 15.0 Å². The van der Waals surface area contributed by atoms with Crippen LogP contribution in [0, 0.1) is 0 Å². The average molecular weight is 441 g/mol. The highest BCUT2D eigenvalue weighted by Gasteiger charge is 2.23. The van der Waals surface area contributed by atoms with Crippen molar-refractivity contribution < 1.29 is 19.0 Å². The number of hydrogen-bond acceptors (Lipinski definition) is 6. The third-order valence-corrected chi connectivity index (χ3v) is 5.39. The van der Waals surface area contributed by atoms with Gasteiger partial charge < -0.3 is 19.2 Å². The Bertz CT molecular complexity index is 1480. The van der Waals surface area contributed by atoms with E-state index < -0.39 is 5.97 Å². The number of H-pyrrole nitrogens is 1. The molecule has 1 N–H and O–H groups in total. The number of methoxy groups -OCH3 is 1. The molecule has 0 unspecified atom stereocenters. The molecule has 5 aromatic rings. The molecule has 0 amide bonds. The van der Waals surface area contributed by atoms with Crippen LogP contribution in [0.2, 0.25) is 0 Å². The van der Waals surface area contributed by atoms with Gasteiger partial charge in [-0.3, -0.25) is 0 Å². The highest BCUT2D eigenvalue weighted by molar-refractivity contribution is 6.13. The molecule has 0 saturated heterocycles. The summed E-state index contributed by atoms with van der Waals surface area (Å²) < 4.78 is 17.2. The Morgan fingerprint density at radius 3 is 2.67 bits per heavy atom. The van der Waals surface area contributed by atoms with Crippen LogP contribution in [0.5, 0.6) is 11.6 Å². The number of ether oxygens (including phenoxy) is 3. The van der Waals surface area contributed by atoms with Crippen molar-refractivity contribution in [3.05, 3.63) is 72.2 Å². The quantitative estimate of drug-likeness (QED) is 0.337. The Hall–Kier alpha value is -3.97. The van der Waals surface area contributed by atoms with Gasteiger partial charge in [0.25, 0.3) is 0 Å². The summed E-state index contributed by atoms with van der Waals surface area (Å²) in [5, 5.41) is 3.59. The van der Waals surface area contributed by atoms with Gasteiger partial charge in [0.1, 0.15) is 5.75 Å². The van der Waals surface area contributed by atoms with E-state index in [1.54, 1.807) is 33.4 Å². The normalized spacial score (nSPS) is 11.5. The third kappa shape index (κ3) is 3.76. The topological polar surface area (TPSA) is 86.3 Å². The molecule has 0 radical (unpaired) electrons. The molecule has 0 bridgehead atoms. The van der Waals surface area contributed by atoms with Gasteiger partial charge >= 0.3 is 5.97 Å². The molecule has 3 aromatic heterocycles. The molecule has 166 valence electrons. The fourth-order valence-electron chi connectivity index (χ4n) is 4.06. The summed E-state index contributed by atoms with van der Waals surface area (Å²) in [4.78, 5) is 25.0. The molecule has 0 aliphatic rings. The number of nitrogens with zero attached hydrogens (tertiary/aromatic N) is 2. The Kier molecular flexibility index (Phi) is 5.40. The Labute approximate surface area is 190 Å². The van der Waals surface area contributed by atoms with Crippen molar-refractivity contribution in [1.29, 1.82) is 0 Å².